The zero-order valence-corrected chi connectivity index (χ0v) is 15.4. The Bertz CT molecular complexity index is 819. The molecule has 0 unspecified atom stereocenters. The van der Waals surface area contributed by atoms with E-state index in [4.69, 9.17) is 0 Å². The van der Waals surface area contributed by atoms with Crippen LogP contribution in [0.5, 0.6) is 0 Å². The number of carbonyl (C=O) groups is 1. The largest absolute Gasteiger partial charge is 0.368 e. The Morgan fingerprint density at radius 1 is 1.00 bits per heavy atom. The van der Waals surface area contributed by atoms with E-state index in [1.165, 1.54) is 43.2 Å². The van der Waals surface area contributed by atoms with Crippen LogP contribution in [0.2, 0.25) is 0 Å². The second-order valence-corrected chi connectivity index (χ2v) is 7.56. The van der Waals surface area contributed by atoms with E-state index in [1.54, 1.807) is 6.08 Å². The number of anilines is 1. The number of hydrogen-bond acceptors (Lipinski definition) is 2. The van der Waals surface area contributed by atoms with Crippen LogP contribution in [-0.4, -0.2) is 23.4 Å². The molecule has 1 aliphatic carbocycles. The fraction of sp³-hybridized carbons (Fsp3) is 0.348. The van der Waals surface area contributed by atoms with Crippen molar-refractivity contribution in [1.82, 2.24) is 4.90 Å². The Morgan fingerprint density at radius 3 is 2.46 bits per heavy atom. The van der Waals surface area contributed by atoms with Gasteiger partial charge in [0.25, 0.3) is 0 Å². The smallest absolute Gasteiger partial charge is 0.250 e. The van der Waals surface area contributed by atoms with E-state index in [0.29, 0.717) is 0 Å². The molecule has 134 valence electrons. The number of para-hydroxylation sites is 1. The standard InChI is InChI=1S/C23H26N2O/c1-25-21(16-22(26)24-19-11-4-2-5-12-19)20-13-7-6-10-18(20)17-23(25)14-8-3-9-15-23/h2,4-7,10-13,16H,3,8-9,14-15,17H2,1H3,(H,24,26). The van der Waals surface area contributed by atoms with Crippen molar-refractivity contribution in [1.29, 1.82) is 0 Å². The van der Waals surface area contributed by atoms with E-state index in [9.17, 15) is 4.79 Å². The number of likely N-dealkylation sites (N-methyl/N-ethyl adjacent to an activating group) is 1. The van der Waals surface area contributed by atoms with Crippen molar-refractivity contribution in [3.8, 4) is 0 Å². The Morgan fingerprint density at radius 2 is 1.69 bits per heavy atom. The minimum absolute atomic E-state index is 0.0688. The normalized spacial score (nSPS) is 20.0. The maximum atomic E-state index is 12.7. The third kappa shape index (κ3) is 3.14. The average Bonchev–Trinajstić information content (AvgIpc) is 2.67. The molecule has 0 saturated heterocycles. The maximum absolute atomic E-state index is 12.7. The second-order valence-electron chi connectivity index (χ2n) is 7.56. The fourth-order valence-corrected chi connectivity index (χ4v) is 4.55. The molecular formula is C23H26N2O. The van der Waals surface area contributed by atoms with Gasteiger partial charge in [0.1, 0.15) is 0 Å². The summed E-state index contributed by atoms with van der Waals surface area (Å²) in [6, 6.07) is 18.2. The Balaban J connectivity index is 1.69. The van der Waals surface area contributed by atoms with Crippen molar-refractivity contribution in [2.24, 2.45) is 0 Å². The molecule has 1 heterocycles. The highest BCUT2D eigenvalue weighted by atomic mass is 16.1. The number of nitrogens with zero attached hydrogens (tertiary/aromatic N) is 1. The van der Waals surface area contributed by atoms with Gasteiger partial charge in [-0.05, 0) is 37.0 Å². The Labute approximate surface area is 155 Å². The molecule has 2 aromatic carbocycles. The van der Waals surface area contributed by atoms with E-state index in [1.807, 2.05) is 30.3 Å². The van der Waals surface area contributed by atoms with Gasteiger partial charge in [0.15, 0.2) is 0 Å². The molecule has 0 radical (unpaired) electrons. The predicted molar refractivity (Wildman–Crippen MR) is 107 cm³/mol. The SMILES string of the molecule is CN1C(=CC(=O)Nc2ccccc2)c2ccccc2CC12CCCCC2. The van der Waals surface area contributed by atoms with Crippen LogP contribution in [0.3, 0.4) is 0 Å². The van der Waals surface area contributed by atoms with E-state index >= 15 is 0 Å². The van der Waals surface area contributed by atoms with Crippen LogP contribution in [0.1, 0.15) is 43.2 Å². The zero-order chi connectivity index (χ0) is 18.0. The molecule has 4 rings (SSSR count). The molecule has 3 nitrogen and oxygen atoms in total. The first kappa shape index (κ1) is 16.9. The first-order valence-corrected chi connectivity index (χ1v) is 9.58. The Hall–Kier alpha value is -2.55. The third-order valence-corrected chi connectivity index (χ3v) is 5.98. The van der Waals surface area contributed by atoms with Crippen molar-refractivity contribution in [3.05, 3.63) is 71.8 Å². The van der Waals surface area contributed by atoms with Crippen molar-refractivity contribution in [2.75, 3.05) is 12.4 Å². The molecule has 2 aromatic rings. The maximum Gasteiger partial charge on any atom is 0.250 e. The van der Waals surface area contributed by atoms with Gasteiger partial charge in [-0.3, -0.25) is 4.79 Å². The molecule has 3 heteroatoms. The van der Waals surface area contributed by atoms with Gasteiger partial charge in [-0.15, -0.1) is 0 Å². The van der Waals surface area contributed by atoms with Gasteiger partial charge < -0.3 is 10.2 Å². The lowest BCUT2D eigenvalue weighted by Crippen LogP contribution is -2.51. The zero-order valence-electron chi connectivity index (χ0n) is 15.4. The molecule has 1 saturated carbocycles. The summed E-state index contributed by atoms with van der Waals surface area (Å²) < 4.78 is 0. The molecule has 2 aliphatic rings. The first-order chi connectivity index (χ1) is 12.7. The van der Waals surface area contributed by atoms with E-state index in [-0.39, 0.29) is 11.4 Å². The van der Waals surface area contributed by atoms with Gasteiger partial charge in [0.2, 0.25) is 5.91 Å². The van der Waals surface area contributed by atoms with Crippen molar-refractivity contribution >= 4 is 17.3 Å². The van der Waals surface area contributed by atoms with Gasteiger partial charge in [0.05, 0.1) is 0 Å². The number of benzene rings is 2. The van der Waals surface area contributed by atoms with Crippen LogP contribution >= 0.6 is 0 Å². The highest BCUT2D eigenvalue weighted by Crippen LogP contribution is 2.44. The molecular weight excluding hydrogens is 320 g/mol. The number of rotatable bonds is 2. The van der Waals surface area contributed by atoms with Gasteiger partial charge in [-0.1, -0.05) is 61.7 Å². The topological polar surface area (TPSA) is 32.3 Å². The first-order valence-electron chi connectivity index (χ1n) is 9.58. The summed E-state index contributed by atoms with van der Waals surface area (Å²) in [6.07, 6.45) is 9.14. The summed E-state index contributed by atoms with van der Waals surface area (Å²) >= 11 is 0. The lowest BCUT2D eigenvalue weighted by Gasteiger charge is -2.50. The monoisotopic (exact) mass is 346 g/mol. The minimum atomic E-state index is -0.0688. The second kappa shape index (κ2) is 6.99. The van der Waals surface area contributed by atoms with Crippen LogP contribution in [0, 0.1) is 0 Å². The average molecular weight is 346 g/mol. The summed E-state index contributed by atoms with van der Waals surface area (Å²) in [7, 11) is 2.17. The summed E-state index contributed by atoms with van der Waals surface area (Å²) in [6.45, 7) is 0. The van der Waals surface area contributed by atoms with Crippen LogP contribution in [0.15, 0.2) is 60.7 Å². The van der Waals surface area contributed by atoms with Crippen LogP contribution in [-0.2, 0) is 11.2 Å². The molecule has 1 amide bonds. The van der Waals surface area contributed by atoms with Crippen LogP contribution < -0.4 is 5.32 Å². The molecule has 1 spiro atoms. The summed E-state index contributed by atoms with van der Waals surface area (Å²) in [5, 5.41) is 2.99. The summed E-state index contributed by atoms with van der Waals surface area (Å²) in [5.41, 5.74) is 4.59. The molecule has 1 fully saturated rings. The molecule has 26 heavy (non-hydrogen) atoms. The summed E-state index contributed by atoms with van der Waals surface area (Å²) in [5.74, 6) is -0.0688. The third-order valence-electron chi connectivity index (χ3n) is 5.98. The Kier molecular flexibility index (Phi) is 4.54. The fourth-order valence-electron chi connectivity index (χ4n) is 4.55. The van der Waals surface area contributed by atoms with E-state index in [0.717, 1.165) is 17.8 Å². The van der Waals surface area contributed by atoms with E-state index in [2.05, 4.69) is 41.5 Å². The van der Waals surface area contributed by atoms with Crippen molar-refractivity contribution < 1.29 is 4.79 Å². The van der Waals surface area contributed by atoms with Crippen molar-refractivity contribution in [3.63, 3.8) is 0 Å². The van der Waals surface area contributed by atoms with Gasteiger partial charge in [0, 0.05) is 35.6 Å². The lowest BCUT2D eigenvalue weighted by molar-refractivity contribution is -0.111. The number of carbonyl (C=O) groups excluding carboxylic acids is 1. The molecule has 0 atom stereocenters. The molecule has 0 bridgehead atoms. The highest BCUT2D eigenvalue weighted by molar-refractivity contribution is 6.04. The predicted octanol–water partition coefficient (Wildman–Crippen LogP) is 4.86. The molecule has 0 aromatic heterocycles. The van der Waals surface area contributed by atoms with E-state index < -0.39 is 0 Å². The van der Waals surface area contributed by atoms with Gasteiger partial charge in [-0.2, -0.15) is 0 Å². The number of fused-ring (bicyclic) bond motifs is 1. The lowest BCUT2D eigenvalue weighted by atomic mass is 9.72. The van der Waals surface area contributed by atoms with Crippen LogP contribution in [0.25, 0.3) is 5.70 Å². The minimum Gasteiger partial charge on any atom is -0.368 e. The highest BCUT2D eigenvalue weighted by Gasteiger charge is 2.41. The summed E-state index contributed by atoms with van der Waals surface area (Å²) in [4.78, 5) is 15.1. The van der Waals surface area contributed by atoms with Crippen LogP contribution in [0.4, 0.5) is 5.69 Å². The number of hydrogen-bond donors (Lipinski definition) is 1. The quantitative estimate of drug-likeness (QED) is 0.788. The van der Waals surface area contributed by atoms with Crippen molar-refractivity contribution in [2.45, 2.75) is 44.1 Å². The number of nitrogens with one attached hydrogen (secondary N) is 1. The molecule has 1 N–H and O–H groups in total. The molecule has 1 aliphatic heterocycles. The van der Waals surface area contributed by atoms with Gasteiger partial charge >= 0.3 is 0 Å². The number of amides is 1. The van der Waals surface area contributed by atoms with Gasteiger partial charge in [-0.25, -0.2) is 0 Å².